The van der Waals surface area contributed by atoms with Gasteiger partial charge in [0.2, 0.25) is 17.7 Å². The minimum absolute atomic E-state index is 0.00138. The summed E-state index contributed by atoms with van der Waals surface area (Å²) < 4.78 is 7.01. The number of rotatable bonds is 6. The maximum absolute atomic E-state index is 14.0. The van der Waals surface area contributed by atoms with Gasteiger partial charge >= 0.3 is 4.87 Å². The topological polar surface area (TPSA) is 97.7 Å². The molecule has 3 aromatic carbocycles. The number of imide groups is 1. The first-order chi connectivity index (χ1) is 22.2. The molecule has 11 heteroatoms. The Hall–Kier alpha value is -3.86. The normalized spacial score (nSPS) is 27.4. The van der Waals surface area contributed by atoms with Crippen LogP contribution in [-0.4, -0.2) is 34.6 Å². The van der Waals surface area contributed by atoms with Gasteiger partial charge in [0.1, 0.15) is 12.3 Å². The summed E-state index contributed by atoms with van der Waals surface area (Å²) in [5.74, 6) is -0.708. The summed E-state index contributed by atoms with van der Waals surface area (Å²) in [7, 11) is 1.62. The molecular formula is C35H30ClN3O5S2. The predicted molar refractivity (Wildman–Crippen MR) is 179 cm³/mol. The Bertz CT molecular complexity index is 1940. The van der Waals surface area contributed by atoms with Crippen molar-refractivity contribution in [3.63, 3.8) is 0 Å². The zero-order chi connectivity index (χ0) is 31.9. The summed E-state index contributed by atoms with van der Waals surface area (Å²) in [4.78, 5) is 56.9. The number of ether oxygens (including phenoxy) is 1. The minimum atomic E-state index is -0.391. The molecule has 2 bridgehead atoms. The Labute approximate surface area is 278 Å². The quantitative estimate of drug-likeness (QED) is 0.245. The van der Waals surface area contributed by atoms with Crippen LogP contribution in [0.3, 0.4) is 0 Å². The molecular weight excluding hydrogens is 642 g/mol. The second-order valence-electron chi connectivity index (χ2n) is 12.6. The van der Waals surface area contributed by atoms with Gasteiger partial charge in [0.05, 0.1) is 29.7 Å². The van der Waals surface area contributed by atoms with Crippen LogP contribution in [0.4, 0.5) is 11.4 Å². The molecule has 7 atom stereocenters. The lowest BCUT2D eigenvalue weighted by atomic mass is 9.68. The molecule has 2 aliphatic heterocycles. The van der Waals surface area contributed by atoms with Crippen LogP contribution in [0.2, 0.25) is 5.02 Å². The predicted octanol–water partition coefficient (Wildman–Crippen LogP) is 6.20. The fourth-order valence-electron chi connectivity index (χ4n) is 8.26. The van der Waals surface area contributed by atoms with Gasteiger partial charge in [0, 0.05) is 26.8 Å². The van der Waals surface area contributed by atoms with Crippen molar-refractivity contribution in [2.75, 3.05) is 17.3 Å². The summed E-state index contributed by atoms with van der Waals surface area (Å²) >= 11 is 8.79. The maximum atomic E-state index is 14.0. The summed E-state index contributed by atoms with van der Waals surface area (Å²) in [6.45, 7) is 1.85. The fourth-order valence-corrected chi connectivity index (χ4v) is 11.5. The molecule has 1 saturated heterocycles. The van der Waals surface area contributed by atoms with Crippen molar-refractivity contribution in [1.82, 2.24) is 4.57 Å². The Morgan fingerprint density at radius 2 is 1.61 bits per heavy atom. The van der Waals surface area contributed by atoms with Crippen molar-refractivity contribution in [2.24, 2.45) is 29.6 Å². The molecule has 4 aliphatic rings. The second kappa shape index (κ2) is 11.1. The van der Waals surface area contributed by atoms with Crippen LogP contribution in [-0.2, 0) is 20.9 Å². The van der Waals surface area contributed by atoms with Gasteiger partial charge in [0.25, 0.3) is 0 Å². The number of amides is 3. The zero-order valence-electron chi connectivity index (χ0n) is 25.0. The first-order valence-corrected chi connectivity index (χ1v) is 17.3. The molecule has 0 spiro atoms. The van der Waals surface area contributed by atoms with E-state index in [1.165, 1.54) is 16.2 Å². The van der Waals surface area contributed by atoms with Crippen LogP contribution < -0.4 is 19.8 Å². The van der Waals surface area contributed by atoms with Gasteiger partial charge in [0.15, 0.2) is 0 Å². The molecule has 8 rings (SSSR count). The number of thioether (sulfide) groups is 1. The maximum Gasteiger partial charge on any atom is 0.308 e. The molecule has 234 valence electrons. The zero-order valence-corrected chi connectivity index (χ0v) is 27.4. The lowest BCUT2D eigenvalue weighted by Crippen LogP contribution is -2.43. The fraction of sp³-hybridized carbons (Fsp3) is 0.314. The van der Waals surface area contributed by atoms with E-state index in [-0.39, 0.29) is 64.0 Å². The molecule has 7 unspecified atom stereocenters. The van der Waals surface area contributed by atoms with E-state index in [0.717, 1.165) is 33.2 Å². The molecule has 46 heavy (non-hydrogen) atoms. The van der Waals surface area contributed by atoms with Crippen molar-refractivity contribution in [1.29, 1.82) is 0 Å². The molecule has 4 aromatic rings. The van der Waals surface area contributed by atoms with Gasteiger partial charge in [-0.3, -0.25) is 28.6 Å². The SMILES string of the molecule is COc1ccc(C2c3sc(=O)n(CC(=O)Nc4ccc(Cl)cc4)c3SC3C4CC(C5C(=O)N(c6ccc(C)cc6)C(=O)C45)C23)cc1. The van der Waals surface area contributed by atoms with Crippen LogP contribution in [0.1, 0.15) is 28.3 Å². The first kappa shape index (κ1) is 29.5. The van der Waals surface area contributed by atoms with Crippen LogP contribution in [0.15, 0.2) is 82.6 Å². The molecule has 3 amide bonds. The van der Waals surface area contributed by atoms with Gasteiger partial charge in [-0.25, -0.2) is 0 Å². The highest BCUT2D eigenvalue weighted by Gasteiger charge is 2.69. The number of aryl methyl sites for hydroxylation is 1. The number of methoxy groups -OCH3 is 1. The average Bonchev–Trinajstić information content (AvgIpc) is 3.77. The summed E-state index contributed by atoms with van der Waals surface area (Å²) in [6.07, 6.45) is 0.791. The number of hydrogen-bond donors (Lipinski definition) is 1. The summed E-state index contributed by atoms with van der Waals surface area (Å²) in [6, 6.07) is 22.3. The minimum Gasteiger partial charge on any atom is -0.497 e. The molecule has 1 aromatic heterocycles. The van der Waals surface area contributed by atoms with Gasteiger partial charge in [-0.15, -0.1) is 11.8 Å². The van der Waals surface area contributed by atoms with E-state index in [2.05, 4.69) is 5.32 Å². The Morgan fingerprint density at radius 3 is 2.28 bits per heavy atom. The number of anilines is 2. The van der Waals surface area contributed by atoms with Crippen LogP contribution >= 0.6 is 34.7 Å². The van der Waals surface area contributed by atoms with Gasteiger partial charge < -0.3 is 10.1 Å². The Balaban J connectivity index is 1.17. The van der Waals surface area contributed by atoms with Crippen LogP contribution in [0.5, 0.6) is 5.75 Å². The number of thiazole rings is 1. The molecule has 3 heterocycles. The number of halogens is 1. The lowest BCUT2D eigenvalue weighted by molar-refractivity contribution is -0.123. The van der Waals surface area contributed by atoms with E-state index in [1.54, 1.807) is 47.7 Å². The summed E-state index contributed by atoms with van der Waals surface area (Å²) in [5.41, 5.74) is 3.31. The van der Waals surface area contributed by atoms with E-state index < -0.39 is 5.92 Å². The average molecular weight is 672 g/mol. The number of aromatic nitrogens is 1. The van der Waals surface area contributed by atoms with E-state index >= 15 is 0 Å². The van der Waals surface area contributed by atoms with Crippen molar-refractivity contribution in [2.45, 2.75) is 36.1 Å². The van der Waals surface area contributed by atoms with Crippen LogP contribution in [0, 0.1) is 36.5 Å². The second-order valence-corrected chi connectivity index (χ2v) is 15.1. The number of fused-ring (bicyclic) bond motifs is 9. The monoisotopic (exact) mass is 671 g/mol. The van der Waals surface area contributed by atoms with Gasteiger partial charge in [-0.1, -0.05) is 52.8 Å². The van der Waals surface area contributed by atoms with E-state index in [9.17, 15) is 19.2 Å². The van der Waals surface area contributed by atoms with Crippen LogP contribution in [0.25, 0.3) is 0 Å². The molecule has 2 saturated carbocycles. The largest absolute Gasteiger partial charge is 0.497 e. The third-order valence-corrected chi connectivity index (χ3v) is 13.2. The standard InChI is InChI=1S/C35H30ClN3O5S2/c1-17-3-11-21(12-4-17)39-32(41)28-23-15-24(29(28)33(39)42)30-27(23)26(18-5-13-22(44-2)14-6-18)31-34(45-30)38(35(43)46-31)16-25(40)37-20-9-7-19(36)8-10-20/h3-14,23-24,26-30H,15-16H2,1-2H3,(H,37,40). The highest BCUT2D eigenvalue weighted by molar-refractivity contribution is 8.00. The number of benzene rings is 3. The van der Waals surface area contributed by atoms with E-state index in [1.807, 2.05) is 55.5 Å². The van der Waals surface area contributed by atoms with E-state index in [0.29, 0.717) is 16.4 Å². The number of carbonyl (C=O) groups excluding carboxylic acids is 3. The van der Waals surface area contributed by atoms with Crippen molar-refractivity contribution < 1.29 is 19.1 Å². The highest BCUT2D eigenvalue weighted by atomic mass is 35.5. The molecule has 3 fully saturated rings. The Kier molecular flexibility index (Phi) is 7.15. The number of carbonyl (C=O) groups is 3. The molecule has 0 radical (unpaired) electrons. The summed E-state index contributed by atoms with van der Waals surface area (Å²) in [5, 5.41) is 4.23. The first-order valence-electron chi connectivity index (χ1n) is 15.3. The number of nitrogens with one attached hydrogen (secondary N) is 1. The third-order valence-electron chi connectivity index (χ3n) is 10.1. The van der Waals surface area contributed by atoms with Gasteiger partial charge in [-0.05, 0) is 85.2 Å². The lowest BCUT2D eigenvalue weighted by Gasteiger charge is -2.43. The molecule has 1 N–H and O–H groups in total. The van der Waals surface area contributed by atoms with E-state index in [4.69, 9.17) is 16.3 Å². The van der Waals surface area contributed by atoms with Crippen molar-refractivity contribution in [3.8, 4) is 5.75 Å². The molecule has 8 nitrogen and oxygen atoms in total. The smallest absolute Gasteiger partial charge is 0.308 e. The number of hydrogen-bond acceptors (Lipinski definition) is 7. The number of nitrogens with zero attached hydrogens (tertiary/aromatic N) is 2. The van der Waals surface area contributed by atoms with Crippen molar-refractivity contribution in [3.05, 3.63) is 103 Å². The van der Waals surface area contributed by atoms with Crippen molar-refractivity contribution >= 4 is 63.8 Å². The van der Waals surface area contributed by atoms with Gasteiger partial charge in [-0.2, -0.15) is 0 Å². The third kappa shape index (κ3) is 4.56. The highest BCUT2D eigenvalue weighted by Crippen LogP contribution is 2.69. The molecule has 2 aliphatic carbocycles. The Morgan fingerprint density at radius 1 is 0.935 bits per heavy atom.